The topological polar surface area (TPSA) is 64.0 Å². The Kier molecular flexibility index (Phi) is 5.06. The second-order valence-corrected chi connectivity index (χ2v) is 7.26. The van der Waals surface area contributed by atoms with Gasteiger partial charge in [0.15, 0.2) is 5.82 Å². The number of carbonyl (C=O) groups is 1. The standard InChI is InChI=1S/C21H14ClN3O2S/c22-16-8-3-1-6-14(16)11-12-19(26)24-25-20(18-10-5-13-28-18)23-17-9-4-2-7-15(17)21(25)27/h1-13H,(H,24,26). The second kappa shape index (κ2) is 7.80. The number of aromatic nitrogens is 2. The van der Waals surface area contributed by atoms with Crippen LogP contribution in [0.15, 0.2) is 76.9 Å². The van der Waals surface area contributed by atoms with Crippen LogP contribution in [0.2, 0.25) is 5.02 Å². The Balaban J connectivity index is 1.74. The van der Waals surface area contributed by atoms with Gasteiger partial charge in [-0.3, -0.25) is 15.0 Å². The van der Waals surface area contributed by atoms with E-state index in [0.717, 1.165) is 4.88 Å². The molecule has 0 unspecified atom stereocenters. The van der Waals surface area contributed by atoms with Crippen LogP contribution in [0, 0.1) is 0 Å². The summed E-state index contributed by atoms with van der Waals surface area (Å²) in [5.74, 6) is -0.0740. The first-order valence-electron chi connectivity index (χ1n) is 8.43. The van der Waals surface area contributed by atoms with Crippen LogP contribution in [0.1, 0.15) is 5.56 Å². The van der Waals surface area contributed by atoms with E-state index in [-0.39, 0.29) is 5.56 Å². The molecule has 0 radical (unpaired) electrons. The van der Waals surface area contributed by atoms with Gasteiger partial charge in [-0.05, 0) is 41.3 Å². The molecule has 1 N–H and O–H groups in total. The van der Waals surface area contributed by atoms with E-state index >= 15 is 0 Å². The molecule has 2 aromatic carbocycles. The summed E-state index contributed by atoms with van der Waals surface area (Å²) in [6, 6.07) is 17.9. The summed E-state index contributed by atoms with van der Waals surface area (Å²) < 4.78 is 1.19. The Morgan fingerprint density at radius 1 is 1.07 bits per heavy atom. The lowest BCUT2D eigenvalue weighted by Crippen LogP contribution is -2.34. The normalized spacial score (nSPS) is 11.2. The molecule has 0 saturated heterocycles. The average Bonchev–Trinajstić information content (AvgIpc) is 3.24. The third-order valence-electron chi connectivity index (χ3n) is 4.06. The molecule has 0 saturated carbocycles. The number of para-hydroxylation sites is 1. The molecular formula is C21H14ClN3O2S. The van der Waals surface area contributed by atoms with Crippen molar-refractivity contribution in [3.8, 4) is 10.7 Å². The van der Waals surface area contributed by atoms with E-state index in [1.54, 1.807) is 36.4 Å². The van der Waals surface area contributed by atoms with Gasteiger partial charge in [0, 0.05) is 11.1 Å². The fourth-order valence-electron chi connectivity index (χ4n) is 2.73. The van der Waals surface area contributed by atoms with Gasteiger partial charge in [0.2, 0.25) is 0 Å². The maximum Gasteiger partial charge on any atom is 0.280 e. The molecule has 28 heavy (non-hydrogen) atoms. The second-order valence-electron chi connectivity index (χ2n) is 5.90. The maximum absolute atomic E-state index is 13.0. The number of amides is 1. The van der Waals surface area contributed by atoms with Crippen molar-refractivity contribution in [1.29, 1.82) is 0 Å². The van der Waals surface area contributed by atoms with Gasteiger partial charge < -0.3 is 0 Å². The highest BCUT2D eigenvalue weighted by Crippen LogP contribution is 2.23. The van der Waals surface area contributed by atoms with Crippen molar-refractivity contribution in [1.82, 2.24) is 9.66 Å². The number of benzene rings is 2. The van der Waals surface area contributed by atoms with Crippen LogP contribution < -0.4 is 11.0 Å². The lowest BCUT2D eigenvalue weighted by atomic mass is 10.2. The van der Waals surface area contributed by atoms with Crippen LogP contribution in [0.4, 0.5) is 0 Å². The molecular weight excluding hydrogens is 394 g/mol. The smallest absolute Gasteiger partial charge is 0.268 e. The fourth-order valence-corrected chi connectivity index (χ4v) is 3.63. The number of halogens is 1. The number of hydrogen-bond donors (Lipinski definition) is 1. The predicted molar refractivity (Wildman–Crippen MR) is 114 cm³/mol. The summed E-state index contributed by atoms with van der Waals surface area (Å²) in [5, 5.41) is 2.86. The Labute approximate surface area is 169 Å². The van der Waals surface area contributed by atoms with E-state index < -0.39 is 5.91 Å². The van der Waals surface area contributed by atoms with Crippen LogP contribution in [0.25, 0.3) is 27.7 Å². The molecule has 2 heterocycles. The van der Waals surface area contributed by atoms with Crippen LogP contribution in [-0.4, -0.2) is 15.6 Å². The van der Waals surface area contributed by atoms with Gasteiger partial charge >= 0.3 is 0 Å². The van der Waals surface area contributed by atoms with Crippen LogP contribution >= 0.6 is 22.9 Å². The van der Waals surface area contributed by atoms with Crippen molar-refractivity contribution >= 4 is 45.8 Å². The molecule has 2 aromatic heterocycles. The molecule has 1 amide bonds. The quantitative estimate of drug-likeness (QED) is 0.504. The number of carbonyl (C=O) groups excluding carboxylic acids is 1. The third kappa shape index (κ3) is 3.60. The van der Waals surface area contributed by atoms with Gasteiger partial charge in [-0.15, -0.1) is 11.3 Å². The van der Waals surface area contributed by atoms with Gasteiger partial charge in [0.1, 0.15) is 0 Å². The largest absolute Gasteiger partial charge is 0.280 e. The van der Waals surface area contributed by atoms with Crippen molar-refractivity contribution in [3.63, 3.8) is 0 Å². The number of rotatable bonds is 4. The van der Waals surface area contributed by atoms with E-state index in [2.05, 4.69) is 10.4 Å². The van der Waals surface area contributed by atoms with Gasteiger partial charge in [0.25, 0.3) is 11.5 Å². The van der Waals surface area contributed by atoms with Crippen molar-refractivity contribution in [2.75, 3.05) is 5.43 Å². The summed E-state index contributed by atoms with van der Waals surface area (Å²) in [6.45, 7) is 0. The molecule has 0 spiro atoms. The zero-order valence-electron chi connectivity index (χ0n) is 14.5. The molecule has 0 atom stereocenters. The minimum absolute atomic E-state index is 0.339. The lowest BCUT2D eigenvalue weighted by Gasteiger charge is -2.12. The summed E-state index contributed by atoms with van der Waals surface area (Å²) in [6.07, 6.45) is 2.93. The van der Waals surface area contributed by atoms with E-state index in [1.165, 1.54) is 22.1 Å². The first kappa shape index (κ1) is 18.2. The van der Waals surface area contributed by atoms with Gasteiger partial charge in [0.05, 0.1) is 15.8 Å². The summed E-state index contributed by atoms with van der Waals surface area (Å²) in [7, 11) is 0. The van der Waals surface area contributed by atoms with E-state index in [1.807, 2.05) is 35.7 Å². The van der Waals surface area contributed by atoms with Crippen LogP contribution in [-0.2, 0) is 4.79 Å². The Morgan fingerprint density at radius 2 is 1.86 bits per heavy atom. The number of fused-ring (bicyclic) bond motifs is 1. The van der Waals surface area contributed by atoms with Crippen molar-refractivity contribution in [2.45, 2.75) is 0 Å². The minimum Gasteiger partial charge on any atom is -0.268 e. The van der Waals surface area contributed by atoms with Crippen molar-refractivity contribution in [2.24, 2.45) is 0 Å². The molecule has 0 fully saturated rings. The predicted octanol–water partition coefficient (Wildman–Crippen LogP) is 4.56. The minimum atomic E-state index is -0.461. The van der Waals surface area contributed by atoms with E-state index in [4.69, 9.17) is 11.6 Å². The zero-order valence-corrected chi connectivity index (χ0v) is 16.1. The molecule has 0 aliphatic heterocycles. The molecule has 0 aliphatic carbocycles. The average molecular weight is 408 g/mol. The van der Waals surface area contributed by atoms with Crippen molar-refractivity contribution in [3.05, 3.63) is 93.1 Å². The highest BCUT2D eigenvalue weighted by Gasteiger charge is 2.14. The van der Waals surface area contributed by atoms with Gasteiger partial charge in [-0.2, -0.15) is 4.68 Å². The van der Waals surface area contributed by atoms with Crippen molar-refractivity contribution < 1.29 is 4.79 Å². The van der Waals surface area contributed by atoms with E-state index in [0.29, 0.717) is 27.3 Å². The first-order chi connectivity index (χ1) is 13.6. The monoisotopic (exact) mass is 407 g/mol. The fraction of sp³-hybridized carbons (Fsp3) is 0. The SMILES string of the molecule is O=C(C=Cc1ccccc1Cl)Nn1c(-c2cccs2)nc2ccccc2c1=O. The summed E-state index contributed by atoms with van der Waals surface area (Å²) >= 11 is 7.54. The first-order valence-corrected chi connectivity index (χ1v) is 9.68. The highest BCUT2D eigenvalue weighted by atomic mass is 35.5. The highest BCUT2D eigenvalue weighted by molar-refractivity contribution is 7.13. The number of thiophene rings is 1. The van der Waals surface area contributed by atoms with Gasteiger partial charge in [-0.1, -0.05) is 48.0 Å². The maximum atomic E-state index is 13.0. The van der Waals surface area contributed by atoms with Gasteiger partial charge in [-0.25, -0.2) is 4.98 Å². The Hall–Kier alpha value is -3.22. The molecule has 7 heteroatoms. The Bertz CT molecular complexity index is 1250. The van der Waals surface area contributed by atoms with E-state index in [9.17, 15) is 9.59 Å². The third-order valence-corrected chi connectivity index (χ3v) is 5.27. The summed E-state index contributed by atoms with van der Waals surface area (Å²) in [5.41, 5.74) is 3.58. The van der Waals surface area contributed by atoms with Crippen LogP contribution in [0.3, 0.4) is 0 Å². The zero-order chi connectivity index (χ0) is 19.5. The number of nitrogens with zero attached hydrogens (tertiary/aromatic N) is 2. The molecule has 4 aromatic rings. The molecule has 138 valence electrons. The van der Waals surface area contributed by atoms with Crippen LogP contribution in [0.5, 0.6) is 0 Å². The lowest BCUT2D eigenvalue weighted by molar-refractivity contribution is -0.112. The number of nitrogens with one attached hydrogen (secondary N) is 1. The molecule has 0 aliphatic rings. The number of hydrogen-bond acceptors (Lipinski definition) is 4. The molecule has 5 nitrogen and oxygen atoms in total. The molecule has 4 rings (SSSR count). The molecule has 0 bridgehead atoms. The summed E-state index contributed by atoms with van der Waals surface area (Å²) in [4.78, 5) is 30.8. The Morgan fingerprint density at radius 3 is 2.64 bits per heavy atom.